The zero-order valence-electron chi connectivity index (χ0n) is 13.9. The van der Waals surface area contributed by atoms with E-state index in [1.165, 1.54) is 45.2 Å². The second-order valence-corrected chi connectivity index (χ2v) is 7.31. The Morgan fingerprint density at radius 2 is 1.37 bits per heavy atom. The fraction of sp³-hybridized carbons (Fsp3) is 1.00. The van der Waals surface area contributed by atoms with Crippen LogP contribution in [-0.4, -0.2) is 36.6 Å². The molecule has 19 heavy (non-hydrogen) atoms. The highest BCUT2D eigenvalue weighted by Gasteiger charge is 2.18. The van der Waals surface area contributed by atoms with Crippen molar-refractivity contribution < 1.29 is 0 Å². The van der Waals surface area contributed by atoms with Crippen molar-refractivity contribution in [2.75, 3.05) is 19.6 Å². The van der Waals surface area contributed by atoms with E-state index in [-0.39, 0.29) is 0 Å². The number of hydrogen-bond acceptors (Lipinski definition) is 2. The standard InChI is InChI=1S/C17H36N2/c1-14(2)11-17(12-15(3)4)18-13-16(5)19-9-7-6-8-10-19/h14-18H,6-13H2,1-5H3. The van der Waals surface area contributed by atoms with E-state index in [1.807, 2.05) is 0 Å². The molecule has 0 aromatic rings. The molecule has 1 aliphatic rings. The lowest BCUT2D eigenvalue weighted by atomic mass is 9.95. The van der Waals surface area contributed by atoms with Crippen molar-refractivity contribution in [1.82, 2.24) is 10.2 Å². The molecule has 0 aromatic heterocycles. The van der Waals surface area contributed by atoms with Gasteiger partial charge in [0.1, 0.15) is 0 Å². The van der Waals surface area contributed by atoms with Gasteiger partial charge in [0.05, 0.1) is 0 Å². The second-order valence-electron chi connectivity index (χ2n) is 7.31. The van der Waals surface area contributed by atoms with E-state index in [0.717, 1.165) is 18.4 Å². The SMILES string of the molecule is CC(C)CC(CC(C)C)NCC(C)N1CCCCC1. The zero-order chi connectivity index (χ0) is 14.3. The highest BCUT2D eigenvalue weighted by atomic mass is 15.2. The van der Waals surface area contributed by atoms with E-state index in [0.29, 0.717) is 12.1 Å². The average Bonchev–Trinajstić information content (AvgIpc) is 2.35. The molecule has 1 atom stereocenters. The summed E-state index contributed by atoms with van der Waals surface area (Å²) in [5.41, 5.74) is 0. The minimum absolute atomic E-state index is 0.696. The van der Waals surface area contributed by atoms with Crippen LogP contribution in [-0.2, 0) is 0 Å². The van der Waals surface area contributed by atoms with E-state index in [1.54, 1.807) is 0 Å². The third kappa shape index (κ3) is 7.31. The molecule has 1 N–H and O–H groups in total. The molecule has 1 rings (SSSR count). The van der Waals surface area contributed by atoms with Crippen LogP contribution < -0.4 is 5.32 Å². The molecule has 0 aliphatic carbocycles. The average molecular weight is 268 g/mol. The molecule has 0 spiro atoms. The third-order valence-corrected chi connectivity index (χ3v) is 4.23. The van der Waals surface area contributed by atoms with Crippen LogP contribution in [0.15, 0.2) is 0 Å². The van der Waals surface area contributed by atoms with Gasteiger partial charge in [-0.25, -0.2) is 0 Å². The quantitative estimate of drug-likeness (QED) is 0.718. The fourth-order valence-electron chi connectivity index (χ4n) is 3.23. The molecular weight excluding hydrogens is 232 g/mol. The van der Waals surface area contributed by atoms with Gasteiger partial charge in [-0.2, -0.15) is 0 Å². The summed E-state index contributed by atoms with van der Waals surface area (Å²) < 4.78 is 0. The van der Waals surface area contributed by atoms with Gasteiger partial charge in [0.15, 0.2) is 0 Å². The summed E-state index contributed by atoms with van der Waals surface area (Å²) in [5.74, 6) is 1.59. The maximum Gasteiger partial charge on any atom is 0.0192 e. The maximum absolute atomic E-state index is 3.84. The lowest BCUT2D eigenvalue weighted by Crippen LogP contribution is -2.46. The minimum atomic E-state index is 0.696. The first-order valence-electron chi connectivity index (χ1n) is 8.46. The number of piperidine rings is 1. The number of rotatable bonds is 8. The van der Waals surface area contributed by atoms with Gasteiger partial charge in [0.25, 0.3) is 0 Å². The van der Waals surface area contributed by atoms with Crippen molar-refractivity contribution in [3.05, 3.63) is 0 Å². The molecule has 1 unspecified atom stereocenters. The molecule has 114 valence electrons. The van der Waals surface area contributed by atoms with Crippen LogP contribution in [0.25, 0.3) is 0 Å². The number of nitrogens with zero attached hydrogens (tertiary/aromatic N) is 1. The van der Waals surface area contributed by atoms with Gasteiger partial charge in [-0.3, -0.25) is 4.90 Å². The monoisotopic (exact) mass is 268 g/mol. The third-order valence-electron chi connectivity index (χ3n) is 4.23. The summed E-state index contributed by atoms with van der Waals surface area (Å²) in [6.45, 7) is 15.5. The molecule has 0 radical (unpaired) electrons. The summed E-state index contributed by atoms with van der Waals surface area (Å²) in [4.78, 5) is 2.66. The van der Waals surface area contributed by atoms with Crippen LogP contribution in [0.5, 0.6) is 0 Å². The lowest BCUT2D eigenvalue weighted by Gasteiger charge is -2.34. The van der Waals surface area contributed by atoms with Crippen LogP contribution in [0.2, 0.25) is 0 Å². The number of likely N-dealkylation sites (tertiary alicyclic amines) is 1. The Bertz CT molecular complexity index is 209. The van der Waals surface area contributed by atoms with Gasteiger partial charge >= 0.3 is 0 Å². The minimum Gasteiger partial charge on any atom is -0.312 e. The summed E-state index contributed by atoms with van der Waals surface area (Å²) in [7, 11) is 0. The topological polar surface area (TPSA) is 15.3 Å². The molecule has 0 bridgehead atoms. The fourth-order valence-corrected chi connectivity index (χ4v) is 3.23. The van der Waals surface area contributed by atoms with Gasteiger partial charge in [-0.05, 0) is 57.5 Å². The summed E-state index contributed by atoms with van der Waals surface area (Å²) in [6.07, 6.45) is 6.84. The van der Waals surface area contributed by atoms with Gasteiger partial charge in [-0.15, -0.1) is 0 Å². The molecule has 0 aromatic carbocycles. The van der Waals surface area contributed by atoms with Crippen LogP contribution in [0, 0.1) is 11.8 Å². The number of hydrogen-bond donors (Lipinski definition) is 1. The molecule has 2 heteroatoms. The molecule has 1 aliphatic heterocycles. The number of nitrogens with one attached hydrogen (secondary N) is 1. The normalized spacial score (nSPS) is 19.6. The molecular formula is C17H36N2. The van der Waals surface area contributed by atoms with E-state index >= 15 is 0 Å². The van der Waals surface area contributed by atoms with Crippen molar-refractivity contribution in [3.8, 4) is 0 Å². The molecule has 1 saturated heterocycles. The predicted molar refractivity (Wildman–Crippen MR) is 85.6 cm³/mol. The Morgan fingerprint density at radius 3 is 1.84 bits per heavy atom. The van der Waals surface area contributed by atoms with Crippen LogP contribution in [0.1, 0.15) is 66.7 Å². The smallest absolute Gasteiger partial charge is 0.0192 e. The van der Waals surface area contributed by atoms with E-state index in [2.05, 4.69) is 44.8 Å². The highest BCUT2D eigenvalue weighted by molar-refractivity contribution is 4.77. The Morgan fingerprint density at radius 1 is 0.842 bits per heavy atom. The van der Waals surface area contributed by atoms with E-state index in [4.69, 9.17) is 0 Å². The van der Waals surface area contributed by atoms with Crippen LogP contribution >= 0.6 is 0 Å². The van der Waals surface area contributed by atoms with Gasteiger partial charge in [0.2, 0.25) is 0 Å². The van der Waals surface area contributed by atoms with Gasteiger partial charge in [0, 0.05) is 18.6 Å². The molecule has 0 amide bonds. The van der Waals surface area contributed by atoms with Crippen molar-refractivity contribution in [2.24, 2.45) is 11.8 Å². The van der Waals surface area contributed by atoms with Crippen molar-refractivity contribution in [2.45, 2.75) is 78.8 Å². The van der Waals surface area contributed by atoms with E-state index < -0.39 is 0 Å². The molecule has 1 fully saturated rings. The van der Waals surface area contributed by atoms with Crippen molar-refractivity contribution in [1.29, 1.82) is 0 Å². The second kappa shape index (κ2) is 8.97. The summed E-state index contributed by atoms with van der Waals surface area (Å²) in [6, 6.07) is 1.40. The molecule has 2 nitrogen and oxygen atoms in total. The molecule has 1 heterocycles. The van der Waals surface area contributed by atoms with Gasteiger partial charge in [-0.1, -0.05) is 34.1 Å². The lowest BCUT2D eigenvalue weighted by molar-refractivity contribution is 0.165. The van der Waals surface area contributed by atoms with Crippen molar-refractivity contribution in [3.63, 3.8) is 0 Å². The van der Waals surface area contributed by atoms with E-state index in [9.17, 15) is 0 Å². The molecule has 0 saturated carbocycles. The summed E-state index contributed by atoms with van der Waals surface area (Å²) in [5, 5.41) is 3.84. The largest absolute Gasteiger partial charge is 0.312 e. The van der Waals surface area contributed by atoms with Crippen molar-refractivity contribution >= 4 is 0 Å². The first-order chi connectivity index (χ1) is 8.99. The Labute approximate surface area is 121 Å². The Hall–Kier alpha value is -0.0800. The first kappa shape index (κ1) is 17.0. The Kier molecular flexibility index (Phi) is 8.01. The highest BCUT2D eigenvalue weighted by Crippen LogP contribution is 2.15. The predicted octanol–water partition coefficient (Wildman–Crippen LogP) is 3.91. The van der Waals surface area contributed by atoms with Gasteiger partial charge < -0.3 is 5.32 Å². The van der Waals surface area contributed by atoms with Crippen LogP contribution in [0.3, 0.4) is 0 Å². The summed E-state index contributed by atoms with van der Waals surface area (Å²) >= 11 is 0. The zero-order valence-corrected chi connectivity index (χ0v) is 13.9. The van der Waals surface area contributed by atoms with Crippen LogP contribution in [0.4, 0.5) is 0 Å². The first-order valence-corrected chi connectivity index (χ1v) is 8.46. The Balaban J connectivity index is 2.32. The maximum atomic E-state index is 3.84.